The largest absolute Gasteiger partial charge is 0.452 e. The van der Waals surface area contributed by atoms with E-state index in [0.717, 1.165) is 7.11 Å². The van der Waals surface area contributed by atoms with Crippen LogP contribution in [0.5, 0.6) is 5.75 Å². The number of hydrogen-bond acceptors (Lipinski definition) is 23. The molecule has 0 bridgehead atoms. The Morgan fingerprint density at radius 1 is 0.671 bits per heavy atom. The molecule has 0 atom stereocenters. The van der Waals surface area contributed by atoms with Crippen LogP contribution in [0.3, 0.4) is 0 Å². The van der Waals surface area contributed by atoms with Gasteiger partial charge in [-0.15, -0.1) is 11.3 Å². The maximum atomic E-state index is 13.6. The molecule has 1 aliphatic heterocycles. The van der Waals surface area contributed by atoms with Crippen LogP contribution in [0.25, 0.3) is 6.08 Å². The standard InChI is InChI=1S/C47H70F4N6O20S2/c1-3-6-57(45(59)34-29-39-38(55-40(52)30-34)31-35(78-39)33-54-79(62,63)56-47(61)64-2)76-8-5-53-46(60)75-28-27-74-26-25-73-24-23-72-22-21-71-20-19-70-18-17-69-16-15-68-14-13-67-12-11-66-10-9-65-7-4-41(58)77-44-42(50)36(48)32-37(49)43(44)51/h29,31-32,54H,3-28,30,33H2,1-2H3,(H2,52,55)(H,53,60)(H,56,61). The molecule has 0 fully saturated rings. The maximum Gasteiger partial charge on any atom is 0.421 e. The molecule has 448 valence electrons. The van der Waals surface area contributed by atoms with Crippen LogP contribution >= 0.6 is 11.3 Å². The fraction of sp³-hybridized carbons (Fsp3) is 0.638. The molecule has 0 saturated heterocycles. The van der Waals surface area contributed by atoms with Gasteiger partial charge in [-0.1, -0.05) is 6.92 Å². The van der Waals surface area contributed by atoms with Gasteiger partial charge in [-0.25, -0.2) is 33.1 Å². The number of thiophene rings is 1. The minimum atomic E-state index is -4.18. The first-order chi connectivity index (χ1) is 38.1. The van der Waals surface area contributed by atoms with Crippen LogP contribution < -0.4 is 25.2 Å². The van der Waals surface area contributed by atoms with E-state index in [1.807, 2.05) is 6.92 Å². The van der Waals surface area contributed by atoms with Crippen LogP contribution in [-0.4, -0.2) is 209 Å². The average molecular weight is 1180 g/mol. The van der Waals surface area contributed by atoms with E-state index < -0.39 is 69.7 Å². The summed E-state index contributed by atoms with van der Waals surface area (Å²) in [6, 6.07) is 1.63. The molecule has 3 rings (SSSR count). The van der Waals surface area contributed by atoms with Crippen molar-refractivity contribution in [2.24, 2.45) is 10.7 Å². The highest BCUT2D eigenvalue weighted by atomic mass is 32.2. The summed E-state index contributed by atoms with van der Waals surface area (Å²) >= 11 is 1.18. The zero-order valence-electron chi connectivity index (χ0n) is 44.0. The highest BCUT2D eigenvalue weighted by Gasteiger charge is 2.25. The predicted octanol–water partition coefficient (Wildman–Crippen LogP) is 2.83. The van der Waals surface area contributed by atoms with Gasteiger partial charge in [0.1, 0.15) is 12.4 Å². The molecule has 1 aromatic heterocycles. The number of halogens is 4. The zero-order chi connectivity index (χ0) is 57.5. The van der Waals surface area contributed by atoms with Crippen molar-refractivity contribution in [3.8, 4) is 5.75 Å². The number of carbonyl (C=O) groups excluding carboxylic acids is 4. The fourth-order valence-corrected chi connectivity index (χ4v) is 7.82. The second-order valence-electron chi connectivity index (χ2n) is 15.8. The summed E-state index contributed by atoms with van der Waals surface area (Å²) in [5, 5.41) is 3.73. The molecular weight excluding hydrogens is 1110 g/mol. The number of alkyl carbamates (subject to hydrolysis) is 1. The van der Waals surface area contributed by atoms with E-state index >= 15 is 0 Å². The van der Waals surface area contributed by atoms with E-state index in [9.17, 15) is 45.2 Å². The number of ether oxygens (including phenoxy) is 13. The third-order valence-electron chi connectivity index (χ3n) is 9.66. The Bertz CT molecular complexity index is 2280. The van der Waals surface area contributed by atoms with Crippen LogP contribution in [0.1, 0.15) is 35.9 Å². The summed E-state index contributed by atoms with van der Waals surface area (Å²) in [7, 11) is -3.15. The molecule has 0 unspecified atom stereocenters. The molecule has 79 heavy (non-hydrogen) atoms. The number of amides is 3. The molecule has 3 amide bonds. The summed E-state index contributed by atoms with van der Waals surface area (Å²) in [5.41, 5.74) is 6.84. The van der Waals surface area contributed by atoms with Crippen molar-refractivity contribution in [2.45, 2.75) is 32.7 Å². The maximum absolute atomic E-state index is 13.6. The molecule has 2 heterocycles. The van der Waals surface area contributed by atoms with Gasteiger partial charge in [-0.3, -0.25) is 14.4 Å². The van der Waals surface area contributed by atoms with Crippen LogP contribution in [0.15, 0.2) is 22.7 Å². The van der Waals surface area contributed by atoms with Crippen LogP contribution in [-0.2, 0) is 88.0 Å². The first kappa shape index (κ1) is 68.1. The highest BCUT2D eigenvalue weighted by molar-refractivity contribution is 7.88. The first-order valence-electron chi connectivity index (χ1n) is 24.8. The van der Waals surface area contributed by atoms with Crippen molar-refractivity contribution >= 4 is 63.2 Å². The number of rotatable bonds is 45. The summed E-state index contributed by atoms with van der Waals surface area (Å²) in [6.07, 6.45) is -0.0331. The van der Waals surface area contributed by atoms with Crippen LogP contribution in [0.2, 0.25) is 0 Å². The van der Waals surface area contributed by atoms with Gasteiger partial charge in [0.25, 0.3) is 5.91 Å². The monoisotopic (exact) mass is 1180 g/mol. The normalized spacial score (nSPS) is 12.3. The number of nitrogens with one attached hydrogen (secondary N) is 3. The fourth-order valence-electron chi connectivity index (χ4n) is 6.00. The lowest BCUT2D eigenvalue weighted by Gasteiger charge is -2.22. The summed E-state index contributed by atoms with van der Waals surface area (Å²) < 4.78 is 150. The molecule has 0 aliphatic carbocycles. The number of esters is 1. The number of benzene rings is 1. The van der Waals surface area contributed by atoms with Crippen molar-refractivity contribution in [1.82, 2.24) is 19.8 Å². The van der Waals surface area contributed by atoms with Crippen molar-refractivity contribution in [3.05, 3.63) is 50.7 Å². The number of nitrogens with two attached hydrogens (primary N) is 1. The molecule has 2 aromatic rings. The number of methoxy groups -OCH3 is 1. The van der Waals surface area contributed by atoms with Crippen molar-refractivity contribution in [3.63, 3.8) is 0 Å². The number of hydrogen-bond donors (Lipinski definition) is 4. The molecular formula is C47H70F4N6O20S2. The molecule has 0 saturated carbocycles. The number of aliphatic imine (C=N–C) groups is 1. The third-order valence-corrected chi connectivity index (χ3v) is 11.7. The topological polar surface area (TPSA) is 309 Å². The van der Waals surface area contributed by atoms with Gasteiger partial charge in [0.15, 0.2) is 11.6 Å². The minimum Gasteiger partial charge on any atom is -0.452 e. The number of fused-ring (bicyclic) bond motifs is 1. The molecule has 32 heteroatoms. The minimum absolute atomic E-state index is 0.00252. The van der Waals surface area contributed by atoms with Crippen molar-refractivity contribution < 1.29 is 112 Å². The lowest BCUT2D eigenvalue weighted by molar-refractivity contribution is -0.181. The predicted molar refractivity (Wildman–Crippen MR) is 272 cm³/mol. The lowest BCUT2D eigenvalue weighted by Crippen LogP contribution is -2.39. The number of amidine groups is 1. The lowest BCUT2D eigenvalue weighted by atomic mass is 10.1. The van der Waals surface area contributed by atoms with Gasteiger partial charge in [-0.2, -0.15) is 21.9 Å². The Hall–Kier alpha value is -5.20. The third kappa shape index (κ3) is 30.3. The number of carbonyl (C=O) groups is 4. The van der Waals surface area contributed by atoms with Gasteiger partial charge in [-0.05, 0) is 18.6 Å². The Kier molecular flexibility index (Phi) is 35.2. The smallest absolute Gasteiger partial charge is 0.421 e. The van der Waals surface area contributed by atoms with Gasteiger partial charge < -0.3 is 72.6 Å². The van der Waals surface area contributed by atoms with E-state index in [2.05, 4.69) is 24.5 Å². The summed E-state index contributed by atoms with van der Waals surface area (Å²) in [6.45, 7) is 7.91. The van der Waals surface area contributed by atoms with Crippen molar-refractivity contribution in [1.29, 1.82) is 0 Å². The Morgan fingerprint density at radius 2 is 1.14 bits per heavy atom. The molecule has 1 aromatic carbocycles. The van der Waals surface area contributed by atoms with Gasteiger partial charge >= 0.3 is 28.4 Å². The van der Waals surface area contributed by atoms with E-state index in [0.29, 0.717) is 114 Å². The molecule has 0 spiro atoms. The first-order valence-corrected chi connectivity index (χ1v) is 27.1. The number of nitrogens with zero attached hydrogens (tertiary/aromatic N) is 2. The molecule has 1 aliphatic rings. The number of hydroxylamine groups is 2. The summed E-state index contributed by atoms with van der Waals surface area (Å²) in [5.74, 6) is -9.87. The Labute approximate surface area is 458 Å². The highest BCUT2D eigenvalue weighted by Crippen LogP contribution is 2.35. The molecule has 5 N–H and O–H groups in total. The van der Waals surface area contributed by atoms with E-state index in [1.54, 1.807) is 16.9 Å². The van der Waals surface area contributed by atoms with Gasteiger partial charge in [0.05, 0.1) is 163 Å². The Balaban J connectivity index is 1.03. The second-order valence-corrected chi connectivity index (χ2v) is 18.4. The van der Waals surface area contributed by atoms with E-state index in [1.165, 1.54) is 16.4 Å². The van der Waals surface area contributed by atoms with Gasteiger partial charge in [0.2, 0.25) is 17.4 Å². The SMILES string of the molecule is CCCN(OCCNC(=O)OCCOCCOCCOCCOCCOCCOCCOCCOCCOCCOCCC(=O)Oc1c(F)c(F)cc(F)c1F)C(=O)C1=Cc2sc(CNS(=O)(=O)NC(=O)OC)cc2N=C(N)C1. The van der Waals surface area contributed by atoms with Crippen LogP contribution in [0.4, 0.5) is 32.8 Å². The quantitative estimate of drug-likeness (QED) is 0.0185. The molecule has 26 nitrogen and oxygen atoms in total. The van der Waals surface area contributed by atoms with Gasteiger partial charge in [0, 0.05) is 42.6 Å². The van der Waals surface area contributed by atoms with Crippen molar-refractivity contribution in [2.75, 3.05) is 166 Å². The average Bonchev–Trinajstić information content (AvgIpc) is 3.80. The van der Waals surface area contributed by atoms with E-state index in [4.69, 9.17) is 62.7 Å². The molecule has 0 radical (unpaired) electrons. The second kappa shape index (κ2) is 40.9. The zero-order valence-corrected chi connectivity index (χ0v) is 45.6. The van der Waals surface area contributed by atoms with E-state index in [-0.39, 0.29) is 96.4 Å². The summed E-state index contributed by atoms with van der Waals surface area (Å²) in [4.78, 5) is 59.8. The van der Waals surface area contributed by atoms with Crippen LogP contribution in [0, 0.1) is 23.3 Å². The Morgan fingerprint density at radius 3 is 1.61 bits per heavy atom.